The number of rotatable bonds is 4. The maximum absolute atomic E-state index is 14.2. The van der Waals surface area contributed by atoms with Crippen LogP contribution in [0.2, 0.25) is 0 Å². The maximum Gasteiger partial charge on any atom is 0.416 e. The Morgan fingerprint density at radius 1 is 1.24 bits per heavy atom. The molecule has 1 N–H and O–H groups in total. The minimum absolute atomic E-state index is 0.306. The molecule has 1 aromatic rings. The number of nitrogens with one attached hydrogen (secondary N) is 1. The van der Waals surface area contributed by atoms with Gasteiger partial charge in [-0.15, -0.1) is 0 Å². The van der Waals surface area contributed by atoms with Crippen molar-refractivity contribution in [1.82, 2.24) is 20.0 Å². The van der Waals surface area contributed by atoms with Gasteiger partial charge >= 0.3 is 12.3 Å². The Bertz CT molecular complexity index is 1010. The van der Waals surface area contributed by atoms with Crippen molar-refractivity contribution in [3.8, 4) is 0 Å². The Morgan fingerprint density at radius 2 is 1.97 bits per heavy atom. The molecule has 11 heteroatoms. The quantitative estimate of drug-likeness (QED) is 0.632. The Morgan fingerprint density at radius 3 is 2.65 bits per heavy atom. The number of carbonyl (C=O) groups excluding carboxylic acids is 1. The van der Waals surface area contributed by atoms with Crippen molar-refractivity contribution in [2.24, 2.45) is 11.8 Å². The second-order valence-corrected chi connectivity index (χ2v) is 8.87. The summed E-state index contributed by atoms with van der Waals surface area (Å²) in [6, 6.07) is 0. The number of piperidine rings is 1. The van der Waals surface area contributed by atoms with E-state index in [2.05, 4.69) is 15.1 Å². The second-order valence-electron chi connectivity index (χ2n) is 8.87. The molecule has 0 radical (unpaired) electrons. The van der Waals surface area contributed by atoms with Gasteiger partial charge in [0.15, 0.2) is 0 Å². The molecular formula is C23H27F5N4O2. The third kappa shape index (κ3) is 5.18. The fourth-order valence-corrected chi connectivity index (χ4v) is 5.06. The van der Waals surface area contributed by atoms with Gasteiger partial charge in [-0.25, -0.2) is 13.6 Å². The number of halogens is 5. The van der Waals surface area contributed by atoms with Crippen LogP contribution in [0, 0.1) is 11.8 Å². The largest absolute Gasteiger partial charge is 0.453 e. The first-order chi connectivity index (χ1) is 16.2. The molecule has 3 heterocycles. The molecule has 1 aromatic heterocycles. The van der Waals surface area contributed by atoms with E-state index >= 15 is 0 Å². The van der Waals surface area contributed by atoms with Crippen molar-refractivity contribution in [2.45, 2.75) is 38.4 Å². The number of fused-ring (bicyclic) bond motifs is 1. The molecule has 1 amide bonds. The zero-order valence-corrected chi connectivity index (χ0v) is 18.8. The molecule has 0 bridgehead atoms. The fourth-order valence-electron chi connectivity index (χ4n) is 5.06. The number of hydrogen-bond donors (Lipinski definition) is 1. The molecular weight excluding hydrogens is 459 g/mol. The Balaban J connectivity index is 1.36. The molecule has 1 aliphatic carbocycles. The topological polar surface area (TPSA) is 61.5 Å². The molecule has 2 aliphatic heterocycles. The summed E-state index contributed by atoms with van der Waals surface area (Å²) in [5.41, 5.74) is 1.56. The van der Waals surface area contributed by atoms with Gasteiger partial charge in [0.25, 0.3) is 0 Å². The van der Waals surface area contributed by atoms with E-state index in [-0.39, 0.29) is 6.09 Å². The number of methoxy groups -OCH3 is 1. The summed E-state index contributed by atoms with van der Waals surface area (Å²) in [5.74, 6) is -4.21. The highest BCUT2D eigenvalue weighted by Gasteiger charge is 2.44. The summed E-state index contributed by atoms with van der Waals surface area (Å²) in [4.78, 5) is 15.6. The third-order valence-electron chi connectivity index (χ3n) is 6.88. The molecule has 1 unspecified atom stereocenters. The molecule has 0 saturated carbocycles. The van der Waals surface area contributed by atoms with E-state index in [1.54, 1.807) is 4.90 Å². The normalized spacial score (nSPS) is 22.5. The van der Waals surface area contributed by atoms with Gasteiger partial charge in [-0.1, -0.05) is 6.08 Å². The first-order valence-corrected chi connectivity index (χ1v) is 11.3. The van der Waals surface area contributed by atoms with Crippen LogP contribution in [0.3, 0.4) is 0 Å². The van der Waals surface area contributed by atoms with Gasteiger partial charge in [0.05, 0.1) is 24.9 Å². The number of likely N-dealkylation sites (tertiary alicyclic amines) is 1. The van der Waals surface area contributed by atoms with E-state index < -0.39 is 35.2 Å². The molecule has 6 nitrogen and oxygen atoms in total. The molecule has 0 spiro atoms. The number of amides is 1. The molecule has 1 fully saturated rings. The van der Waals surface area contributed by atoms with Crippen LogP contribution in [0.25, 0.3) is 0 Å². The molecule has 1 saturated heterocycles. The minimum Gasteiger partial charge on any atom is -0.453 e. The molecule has 186 valence electrons. The van der Waals surface area contributed by atoms with Crippen molar-refractivity contribution in [1.29, 1.82) is 0 Å². The van der Waals surface area contributed by atoms with Crippen LogP contribution < -0.4 is 0 Å². The summed E-state index contributed by atoms with van der Waals surface area (Å²) >= 11 is 0. The Labute approximate surface area is 194 Å². The van der Waals surface area contributed by atoms with Gasteiger partial charge in [0.1, 0.15) is 11.7 Å². The van der Waals surface area contributed by atoms with Crippen LogP contribution >= 0.6 is 0 Å². The summed E-state index contributed by atoms with van der Waals surface area (Å²) < 4.78 is 73.3. The SMILES string of the molecule is COC(=O)N1CCc2[nH]nc(CCN3CCC(C4C=CC(F)=CC(F)=C4C(F)(F)F)CC3)c2C1. The van der Waals surface area contributed by atoms with E-state index in [4.69, 9.17) is 4.74 Å². The Hall–Kier alpha value is -2.69. The van der Waals surface area contributed by atoms with E-state index in [9.17, 15) is 26.7 Å². The van der Waals surface area contributed by atoms with Gasteiger partial charge in [-0.3, -0.25) is 5.10 Å². The number of aromatic amines is 1. The maximum atomic E-state index is 14.2. The van der Waals surface area contributed by atoms with Crippen LogP contribution in [0.4, 0.5) is 26.7 Å². The number of allylic oxidation sites excluding steroid dienone is 6. The smallest absolute Gasteiger partial charge is 0.416 e. The lowest BCUT2D eigenvalue weighted by atomic mass is 9.79. The summed E-state index contributed by atoms with van der Waals surface area (Å²) in [6.07, 6.45) is -0.694. The van der Waals surface area contributed by atoms with Crippen molar-refractivity contribution in [3.63, 3.8) is 0 Å². The number of nitrogens with zero attached hydrogens (tertiary/aromatic N) is 3. The van der Waals surface area contributed by atoms with E-state index in [1.807, 2.05) is 0 Å². The van der Waals surface area contributed by atoms with Gasteiger partial charge in [-0.2, -0.15) is 18.3 Å². The van der Waals surface area contributed by atoms with Crippen molar-refractivity contribution < 1.29 is 31.5 Å². The summed E-state index contributed by atoms with van der Waals surface area (Å²) in [6.45, 7) is 2.75. The number of hydrogen-bond acceptors (Lipinski definition) is 4. The highest BCUT2D eigenvalue weighted by atomic mass is 19.4. The monoisotopic (exact) mass is 486 g/mol. The average Bonchev–Trinajstić information content (AvgIpc) is 3.13. The third-order valence-corrected chi connectivity index (χ3v) is 6.88. The molecule has 3 aliphatic rings. The number of ether oxygens (including phenoxy) is 1. The predicted octanol–water partition coefficient (Wildman–Crippen LogP) is 4.61. The number of H-pyrrole nitrogens is 1. The van der Waals surface area contributed by atoms with E-state index in [0.717, 1.165) is 29.1 Å². The van der Waals surface area contributed by atoms with Crippen LogP contribution in [0.5, 0.6) is 0 Å². The van der Waals surface area contributed by atoms with Crippen LogP contribution in [-0.4, -0.2) is 65.6 Å². The minimum atomic E-state index is -4.87. The average molecular weight is 486 g/mol. The highest BCUT2D eigenvalue weighted by Crippen LogP contribution is 2.43. The van der Waals surface area contributed by atoms with Crippen LogP contribution in [0.1, 0.15) is 29.8 Å². The molecule has 1 atom stereocenters. The van der Waals surface area contributed by atoms with Crippen molar-refractivity contribution in [2.75, 3.05) is 33.3 Å². The van der Waals surface area contributed by atoms with Gasteiger partial charge in [-0.05, 0) is 37.9 Å². The first kappa shape index (κ1) is 24.4. The highest BCUT2D eigenvalue weighted by molar-refractivity contribution is 5.68. The van der Waals surface area contributed by atoms with E-state index in [1.165, 1.54) is 7.11 Å². The number of alkyl halides is 3. The Kier molecular flexibility index (Phi) is 7.11. The lowest BCUT2D eigenvalue weighted by molar-refractivity contribution is -0.102. The van der Waals surface area contributed by atoms with Gasteiger partial charge in [0.2, 0.25) is 0 Å². The standard InChI is InChI=1S/C23H27F5N4O2/c1-34-22(33)32-11-7-20-17(13-32)19(29-30-20)6-10-31-8-4-14(5-9-31)16-3-2-15(24)12-18(25)21(16)23(26,27)28/h2-3,12,14,16H,4-11,13H2,1H3,(H,29,30). The van der Waals surface area contributed by atoms with Crippen LogP contribution in [0.15, 0.2) is 35.5 Å². The zero-order chi connectivity index (χ0) is 24.5. The van der Waals surface area contributed by atoms with Crippen LogP contribution in [-0.2, 0) is 24.1 Å². The molecule has 34 heavy (non-hydrogen) atoms. The number of carbonyl (C=O) groups is 1. The first-order valence-electron chi connectivity index (χ1n) is 11.3. The predicted molar refractivity (Wildman–Crippen MR) is 114 cm³/mol. The summed E-state index contributed by atoms with van der Waals surface area (Å²) in [5, 5.41) is 7.44. The summed E-state index contributed by atoms with van der Waals surface area (Å²) in [7, 11) is 1.34. The number of aromatic nitrogens is 2. The van der Waals surface area contributed by atoms with Gasteiger partial charge < -0.3 is 14.5 Å². The van der Waals surface area contributed by atoms with Crippen molar-refractivity contribution >= 4 is 6.09 Å². The van der Waals surface area contributed by atoms with E-state index in [0.29, 0.717) is 64.5 Å². The van der Waals surface area contributed by atoms with Crippen molar-refractivity contribution in [3.05, 3.63) is 52.4 Å². The van der Waals surface area contributed by atoms with Gasteiger partial charge in [0, 0.05) is 49.2 Å². The zero-order valence-electron chi connectivity index (χ0n) is 18.8. The fraction of sp³-hybridized carbons (Fsp3) is 0.565. The lowest BCUT2D eigenvalue weighted by Crippen LogP contribution is -2.39. The lowest BCUT2D eigenvalue weighted by Gasteiger charge is -2.36. The second kappa shape index (κ2) is 9.89. The molecule has 0 aromatic carbocycles. The molecule has 4 rings (SSSR count).